The number of nitriles is 1. The van der Waals surface area contributed by atoms with E-state index in [1.54, 1.807) is 6.07 Å². The Balaban J connectivity index is 2.34. The molecular formula is C16H13BrN4. The molecule has 1 heterocycles. The third kappa shape index (κ3) is 2.18. The van der Waals surface area contributed by atoms with Crippen molar-refractivity contribution in [1.29, 1.82) is 5.26 Å². The molecule has 0 unspecified atom stereocenters. The van der Waals surface area contributed by atoms with Gasteiger partial charge in [-0.05, 0) is 55.3 Å². The summed E-state index contributed by atoms with van der Waals surface area (Å²) in [7, 11) is 0. The monoisotopic (exact) mass is 340 g/mol. The third-order valence-electron chi connectivity index (χ3n) is 3.49. The van der Waals surface area contributed by atoms with Crippen LogP contribution in [0.5, 0.6) is 0 Å². The van der Waals surface area contributed by atoms with Gasteiger partial charge in [-0.3, -0.25) is 4.57 Å². The largest absolute Gasteiger partial charge is 0.369 e. The van der Waals surface area contributed by atoms with E-state index in [0.29, 0.717) is 11.5 Å². The Morgan fingerprint density at radius 1 is 1.19 bits per heavy atom. The number of halogens is 1. The number of nitrogens with two attached hydrogens (primary N) is 1. The predicted molar refractivity (Wildman–Crippen MR) is 87.4 cm³/mol. The van der Waals surface area contributed by atoms with Gasteiger partial charge < -0.3 is 5.73 Å². The third-order valence-corrected chi connectivity index (χ3v) is 4.74. The average Bonchev–Trinajstić information content (AvgIpc) is 2.79. The Kier molecular flexibility index (Phi) is 3.19. The molecule has 0 aliphatic carbocycles. The zero-order valence-electron chi connectivity index (χ0n) is 11.7. The van der Waals surface area contributed by atoms with E-state index in [0.717, 1.165) is 32.3 Å². The minimum atomic E-state index is 0.418. The Morgan fingerprint density at radius 2 is 1.86 bits per heavy atom. The number of aryl methyl sites for hydroxylation is 2. The first-order valence-electron chi connectivity index (χ1n) is 6.46. The summed E-state index contributed by atoms with van der Waals surface area (Å²) in [5.74, 6) is 0.418. The molecule has 5 heteroatoms. The van der Waals surface area contributed by atoms with Crippen LogP contribution in [0, 0.1) is 25.2 Å². The van der Waals surface area contributed by atoms with Gasteiger partial charge in [0.15, 0.2) is 0 Å². The van der Waals surface area contributed by atoms with Gasteiger partial charge in [0, 0.05) is 10.2 Å². The lowest BCUT2D eigenvalue weighted by atomic mass is 10.1. The normalized spacial score (nSPS) is 10.8. The molecule has 0 aliphatic heterocycles. The van der Waals surface area contributed by atoms with E-state index in [2.05, 4.69) is 27.0 Å². The Labute approximate surface area is 131 Å². The first kappa shape index (κ1) is 13.7. The molecule has 0 saturated carbocycles. The Hall–Kier alpha value is -2.32. The summed E-state index contributed by atoms with van der Waals surface area (Å²) in [4.78, 5) is 4.37. The molecule has 2 aromatic carbocycles. The van der Waals surface area contributed by atoms with Gasteiger partial charge in [-0.1, -0.05) is 15.9 Å². The van der Waals surface area contributed by atoms with Gasteiger partial charge >= 0.3 is 0 Å². The predicted octanol–water partition coefficient (Wildman–Crippen LogP) is 3.86. The van der Waals surface area contributed by atoms with Crippen LogP contribution in [-0.4, -0.2) is 9.55 Å². The van der Waals surface area contributed by atoms with Crippen LogP contribution in [0.4, 0.5) is 5.95 Å². The quantitative estimate of drug-likeness (QED) is 0.731. The molecule has 4 nitrogen and oxygen atoms in total. The fourth-order valence-electron chi connectivity index (χ4n) is 2.49. The second-order valence-corrected chi connectivity index (χ2v) is 5.81. The number of benzene rings is 2. The van der Waals surface area contributed by atoms with Crippen molar-refractivity contribution in [2.75, 3.05) is 5.73 Å². The summed E-state index contributed by atoms with van der Waals surface area (Å²) in [5.41, 5.74) is 11.5. The molecule has 0 radical (unpaired) electrons. The number of fused-ring (bicyclic) bond motifs is 1. The molecule has 0 saturated heterocycles. The molecule has 1 aromatic heterocycles. The first-order chi connectivity index (χ1) is 10.0. The first-order valence-corrected chi connectivity index (χ1v) is 7.26. The maximum atomic E-state index is 9.07. The lowest BCUT2D eigenvalue weighted by Crippen LogP contribution is -2.02. The number of nitrogens with zero attached hydrogens (tertiary/aromatic N) is 3. The minimum absolute atomic E-state index is 0.418. The van der Waals surface area contributed by atoms with E-state index < -0.39 is 0 Å². The second-order valence-electron chi connectivity index (χ2n) is 5.01. The summed E-state index contributed by atoms with van der Waals surface area (Å²) in [6, 6.07) is 11.6. The molecule has 2 N–H and O–H groups in total. The number of rotatable bonds is 1. The van der Waals surface area contributed by atoms with Crippen LogP contribution < -0.4 is 5.73 Å². The van der Waals surface area contributed by atoms with E-state index in [1.165, 1.54) is 0 Å². The lowest BCUT2D eigenvalue weighted by Gasteiger charge is -2.11. The highest BCUT2D eigenvalue weighted by molar-refractivity contribution is 9.10. The topological polar surface area (TPSA) is 67.6 Å². The van der Waals surface area contributed by atoms with Gasteiger partial charge in [0.2, 0.25) is 5.95 Å². The minimum Gasteiger partial charge on any atom is -0.369 e. The molecule has 3 aromatic rings. The maximum Gasteiger partial charge on any atom is 0.205 e. The SMILES string of the molecule is Cc1cc(-n2c(N)nc3ccc(C#N)cc32)cc(C)c1Br. The molecule has 0 fully saturated rings. The maximum absolute atomic E-state index is 9.07. The summed E-state index contributed by atoms with van der Waals surface area (Å²) in [6.07, 6.45) is 0. The van der Waals surface area contributed by atoms with Crippen molar-refractivity contribution in [2.24, 2.45) is 0 Å². The zero-order chi connectivity index (χ0) is 15.1. The number of hydrogen-bond acceptors (Lipinski definition) is 3. The Morgan fingerprint density at radius 3 is 2.48 bits per heavy atom. The fourth-order valence-corrected chi connectivity index (χ4v) is 2.72. The van der Waals surface area contributed by atoms with Gasteiger partial charge in [0.25, 0.3) is 0 Å². The molecular weight excluding hydrogens is 328 g/mol. The van der Waals surface area contributed by atoms with Gasteiger partial charge in [-0.15, -0.1) is 0 Å². The van der Waals surface area contributed by atoms with Crippen LogP contribution >= 0.6 is 15.9 Å². The van der Waals surface area contributed by atoms with Crippen molar-refractivity contribution in [1.82, 2.24) is 9.55 Å². The standard InChI is InChI=1S/C16H13BrN4/c1-9-5-12(6-10(2)15(9)17)21-14-7-11(8-18)3-4-13(14)20-16(21)19/h3-7H,1-2H3,(H2,19,20). The van der Waals surface area contributed by atoms with E-state index in [4.69, 9.17) is 11.0 Å². The van der Waals surface area contributed by atoms with Crippen LogP contribution in [0.2, 0.25) is 0 Å². The van der Waals surface area contributed by atoms with Crippen molar-refractivity contribution in [3.05, 3.63) is 51.5 Å². The number of imidazole rings is 1. The number of anilines is 1. The molecule has 0 aliphatic rings. The molecule has 104 valence electrons. The van der Waals surface area contributed by atoms with E-state index >= 15 is 0 Å². The van der Waals surface area contributed by atoms with Crippen molar-refractivity contribution < 1.29 is 0 Å². The van der Waals surface area contributed by atoms with Gasteiger partial charge in [-0.25, -0.2) is 4.98 Å². The average molecular weight is 341 g/mol. The molecule has 3 rings (SSSR count). The van der Waals surface area contributed by atoms with Crippen LogP contribution in [-0.2, 0) is 0 Å². The number of nitrogen functional groups attached to an aromatic ring is 1. The van der Waals surface area contributed by atoms with Gasteiger partial charge in [0.1, 0.15) is 0 Å². The van der Waals surface area contributed by atoms with Crippen LogP contribution in [0.15, 0.2) is 34.8 Å². The fraction of sp³-hybridized carbons (Fsp3) is 0.125. The van der Waals surface area contributed by atoms with Crippen LogP contribution in [0.3, 0.4) is 0 Å². The highest BCUT2D eigenvalue weighted by Gasteiger charge is 2.12. The summed E-state index contributed by atoms with van der Waals surface area (Å²) in [6.45, 7) is 4.08. The van der Waals surface area contributed by atoms with Crippen molar-refractivity contribution in [2.45, 2.75) is 13.8 Å². The highest BCUT2D eigenvalue weighted by Crippen LogP contribution is 2.29. The van der Waals surface area contributed by atoms with E-state index in [1.807, 2.05) is 42.7 Å². The van der Waals surface area contributed by atoms with Crippen molar-refractivity contribution >= 4 is 32.9 Å². The lowest BCUT2D eigenvalue weighted by molar-refractivity contribution is 1.09. The second kappa shape index (κ2) is 4.90. The molecule has 0 bridgehead atoms. The molecule has 0 atom stereocenters. The zero-order valence-corrected chi connectivity index (χ0v) is 13.3. The molecule has 0 amide bonds. The van der Waals surface area contributed by atoms with Crippen molar-refractivity contribution in [3.8, 4) is 11.8 Å². The summed E-state index contributed by atoms with van der Waals surface area (Å²) < 4.78 is 2.97. The Bertz CT molecular complexity index is 880. The van der Waals surface area contributed by atoms with E-state index in [-0.39, 0.29) is 0 Å². The van der Waals surface area contributed by atoms with Gasteiger partial charge in [0.05, 0.1) is 22.7 Å². The van der Waals surface area contributed by atoms with Crippen LogP contribution in [0.25, 0.3) is 16.7 Å². The van der Waals surface area contributed by atoms with E-state index in [9.17, 15) is 0 Å². The van der Waals surface area contributed by atoms with Crippen LogP contribution in [0.1, 0.15) is 16.7 Å². The molecule has 0 spiro atoms. The number of aromatic nitrogens is 2. The van der Waals surface area contributed by atoms with Gasteiger partial charge in [-0.2, -0.15) is 5.26 Å². The number of hydrogen-bond donors (Lipinski definition) is 1. The molecule has 21 heavy (non-hydrogen) atoms. The summed E-state index contributed by atoms with van der Waals surface area (Å²) in [5, 5.41) is 9.07. The summed E-state index contributed by atoms with van der Waals surface area (Å²) >= 11 is 3.57. The van der Waals surface area contributed by atoms with Crippen molar-refractivity contribution in [3.63, 3.8) is 0 Å². The smallest absolute Gasteiger partial charge is 0.205 e. The highest BCUT2D eigenvalue weighted by atomic mass is 79.9.